The zero-order valence-corrected chi connectivity index (χ0v) is 10.3. The number of hydrogen-bond acceptors (Lipinski definition) is 2. The van der Waals surface area contributed by atoms with Crippen molar-refractivity contribution in [1.29, 1.82) is 0 Å². The molecule has 2 rings (SSSR count). The van der Waals surface area contributed by atoms with Crippen LogP contribution >= 0.6 is 11.8 Å². The summed E-state index contributed by atoms with van der Waals surface area (Å²) in [6.07, 6.45) is -2.81. The average molecular weight is 261 g/mol. The largest absolute Gasteiger partial charge is 0.416 e. The van der Waals surface area contributed by atoms with E-state index in [9.17, 15) is 13.2 Å². The number of hydrogen-bond donors (Lipinski definition) is 1. The van der Waals surface area contributed by atoms with Gasteiger partial charge in [-0.25, -0.2) is 0 Å². The fourth-order valence-electron chi connectivity index (χ4n) is 2.07. The van der Waals surface area contributed by atoms with Crippen LogP contribution in [0.4, 0.5) is 13.2 Å². The van der Waals surface area contributed by atoms with E-state index in [0.717, 1.165) is 17.9 Å². The number of alkyl halides is 3. The molecule has 0 spiro atoms. The molecule has 1 aliphatic heterocycles. The minimum Gasteiger partial charge on any atom is -0.320 e. The highest BCUT2D eigenvalue weighted by atomic mass is 32.2. The van der Waals surface area contributed by atoms with Gasteiger partial charge in [0.1, 0.15) is 0 Å². The lowest BCUT2D eigenvalue weighted by Crippen LogP contribution is -2.15. The summed E-state index contributed by atoms with van der Waals surface area (Å²) in [7, 11) is 1.86. The third kappa shape index (κ3) is 2.77. The molecular formula is C12H14F3NS. The lowest BCUT2D eigenvalue weighted by atomic mass is 10.0. The Hall–Kier alpha value is -0.680. The lowest BCUT2D eigenvalue weighted by Gasteiger charge is -2.11. The second kappa shape index (κ2) is 4.90. The molecule has 0 saturated heterocycles. The molecule has 1 nitrogen and oxygen atoms in total. The number of rotatable bonds is 3. The summed E-state index contributed by atoms with van der Waals surface area (Å²) < 4.78 is 38.4. The van der Waals surface area contributed by atoms with Gasteiger partial charge in [-0.15, -0.1) is 11.8 Å². The van der Waals surface area contributed by atoms with Gasteiger partial charge in [0.2, 0.25) is 0 Å². The summed E-state index contributed by atoms with van der Waals surface area (Å²) >= 11 is 1.57. The predicted octanol–water partition coefficient (Wildman–Crippen LogP) is 3.33. The van der Waals surface area contributed by atoms with Crippen LogP contribution in [0.3, 0.4) is 0 Å². The molecule has 1 aromatic rings. The van der Waals surface area contributed by atoms with Crippen molar-refractivity contribution < 1.29 is 13.2 Å². The van der Waals surface area contributed by atoms with Crippen LogP contribution in [0.25, 0.3) is 0 Å². The fraction of sp³-hybridized carbons (Fsp3) is 0.500. The van der Waals surface area contributed by atoms with E-state index in [0.29, 0.717) is 12.0 Å². The second-order valence-corrected chi connectivity index (χ2v) is 5.46. The van der Waals surface area contributed by atoms with Crippen LogP contribution in [0, 0.1) is 0 Å². The summed E-state index contributed by atoms with van der Waals surface area (Å²) in [5.41, 5.74) is 0.0144. The van der Waals surface area contributed by atoms with Crippen LogP contribution in [-0.2, 0) is 12.6 Å². The van der Waals surface area contributed by atoms with Crippen molar-refractivity contribution in [1.82, 2.24) is 5.32 Å². The molecule has 0 aliphatic carbocycles. The smallest absolute Gasteiger partial charge is 0.320 e. The summed E-state index contributed by atoms with van der Waals surface area (Å²) in [6, 6.07) is 4.46. The Kier molecular flexibility index (Phi) is 3.68. The third-order valence-electron chi connectivity index (χ3n) is 2.88. The van der Waals surface area contributed by atoms with Crippen molar-refractivity contribution in [3.05, 3.63) is 29.3 Å². The van der Waals surface area contributed by atoms with Crippen molar-refractivity contribution in [2.45, 2.75) is 29.2 Å². The van der Waals surface area contributed by atoms with E-state index >= 15 is 0 Å². The Morgan fingerprint density at radius 1 is 1.41 bits per heavy atom. The fourth-order valence-corrected chi connectivity index (χ4v) is 3.40. The molecule has 17 heavy (non-hydrogen) atoms. The molecule has 1 N–H and O–H groups in total. The van der Waals surface area contributed by atoms with Crippen LogP contribution in [0.1, 0.15) is 17.5 Å². The third-order valence-corrected chi connectivity index (χ3v) is 4.25. The maximum atomic E-state index is 12.8. The highest BCUT2D eigenvalue weighted by molar-refractivity contribution is 8.00. The molecule has 1 heterocycles. The van der Waals surface area contributed by atoms with Crippen molar-refractivity contribution in [3.8, 4) is 0 Å². The number of thioether (sulfide) groups is 1. The van der Waals surface area contributed by atoms with E-state index in [1.165, 1.54) is 12.1 Å². The van der Waals surface area contributed by atoms with Gasteiger partial charge in [-0.2, -0.15) is 13.2 Å². The molecule has 94 valence electrons. The zero-order chi connectivity index (χ0) is 12.5. The van der Waals surface area contributed by atoms with Gasteiger partial charge >= 0.3 is 6.18 Å². The minimum atomic E-state index is -4.23. The SMILES string of the molecule is CNCCC1Cc2c(cccc2C(F)(F)F)S1. The van der Waals surface area contributed by atoms with E-state index in [4.69, 9.17) is 0 Å². The van der Waals surface area contributed by atoms with Crippen molar-refractivity contribution in [2.24, 2.45) is 0 Å². The maximum Gasteiger partial charge on any atom is 0.416 e. The first-order valence-corrected chi connectivity index (χ1v) is 6.40. The topological polar surface area (TPSA) is 12.0 Å². The van der Waals surface area contributed by atoms with Crippen LogP contribution in [0.2, 0.25) is 0 Å². The monoisotopic (exact) mass is 261 g/mol. The molecule has 1 aliphatic rings. The van der Waals surface area contributed by atoms with Crippen LogP contribution < -0.4 is 5.32 Å². The van der Waals surface area contributed by atoms with Gasteiger partial charge in [0.25, 0.3) is 0 Å². The minimum absolute atomic E-state index is 0.265. The van der Waals surface area contributed by atoms with Crippen LogP contribution in [0.5, 0.6) is 0 Å². The van der Waals surface area contributed by atoms with Gasteiger partial charge in [-0.3, -0.25) is 0 Å². The number of nitrogens with one attached hydrogen (secondary N) is 1. The van der Waals surface area contributed by atoms with E-state index in [-0.39, 0.29) is 5.25 Å². The maximum absolute atomic E-state index is 12.8. The van der Waals surface area contributed by atoms with Gasteiger partial charge in [0.15, 0.2) is 0 Å². The molecule has 0 aromatic heterocycles. The van der Waals surface area contributed by atoms with Crippen LogP contribution in [-0.4, -0.2) is 18.8 Å². The molecule has 0 radical (unpaired) electrons. The first-order valence-electron chi connectivity index (χ1n) is 5.52. The number of benzene rings is 1. The Morgan fingerprint density at radius 2 is 2.18 bits per heavy atom. The highest BCUT2D eigenvalue weighted by Crippen LogP contribution is 2.44. The molecule has 0 amide bonds. The van der Waals surface area contributed by atoms with E-state index in [1.54, 1.807) is 17.8 Å². The van der Waals surface area contributed by atoms with Crippen molar-refractivity contribution in [3.63, 3.8) is 0 Å². The second-order valence-electron chi connectivity index (χ2n) is 4.12. The normalized spacial score (nSPS) is 19.4. The first kappa shape index (κ1) is 12.8. The molecule has 0 saturated carbocycles. The predicted molar refractivity (Wildman–Crippen MR) is 63.3 cm³/mol. The standard InChI is InChI=1S/C12H14F3NS/c1-16-6-5-8-7-9-10(12(13,14)15)3-2-4-11(9)17-8/h2-4,8,16H,5-7H2,1H3. The number of fused-ring (bicyclic) bond motifs is 1. The van der Waals surface area contributed by atoms with Crippen molar-refractivity contribution in [2.75, 3.05) is 13.6 Å². The van der Waals surface area contributed by atoms with E-state index in [1.807, 2.05) is 7.05 Å². The average Bonchev–Trinajstić information content (AvgIpc) is 2.66. The van der Waals surface area contributed by atoms with Crippen molar-refractivity contribution >= 4 is 11.8 Å². The summed E-state index contributed by atoms with van der Waals surface area (Å²) in [5.74, 6) is 0. The molecule has 0 fully saturated rings. The molecule has 1 unspecified atom stereocenters. The molecular weight excluding hydrogens is 247 g/mol. The highest BCUT2D eigenvalue weighted by Gasteiger charge is 2.37. The Labute approximate surface area is 103 Å². The number of halogens is 3. The van der Waals surface area contributed by atoms with Crippen LogP contribution in [0.15, 0.2) is 23.1 Å². The molecule has 1 atom stereocenters. The lowest BCUT2D eigenvalue weighted by molar-refractivity contribution is -0.138. The molecule has 0 bridgehead atoms. The molecule has 5 heteroatoms. The van der Waals surface area contributed by atoms with Gasteiger partial charge in [0.05, 0.1) is 5.56 Å². The Balaban J connectivity index is 2.20. The zero-order valence-electron chi connectivity index (χ0n) is 9.47. The van der Waals surface area contributed by atoms with E-state index in [2.05, 4.69) is 5.32 Å². The summed E-state index contributed by atoms with van der Waals surface area (Å²) in [4.78, 5) is 0.793. The first-order chi connectivity index (χ1) is 8.02. The van der Waals surface area contributed by atoms with Gasteiger partial charge in [0, 0.05) is 10.1 Å². The summed E-state index contributed by atoms with van der Waals surface area (Å²) in [5, 5.41) is 3.30. The Morgan fingerprint density at radius 3 is 2.82 bits per heavy atom. The Bertz CT molecular complexity index is 403. The quantitative estimate of drug-likeness (QED) is 0.895. The van der Waals surface area contributed by atoms with Gasteiger partial charge in [-0.1, -0.05) is 6.07 Å². The molecule has 1 aromatic carbocycles. The van der Waals surface area contributed by atoms with Gasteiger partial charge < -0.3 is 5.32 Å². The summed E-state index contributed by atoms with van der Waals surface area (Å²) in [6.45, 7) is 0.840. The van der Waals surface area contributed by atoms with E-state index < -0.39 is 11.7 Å². The van der Waals surface area contributed by atoms with Gasteiger partial charge in [-0.05, 0) is 44.1 Å².